The summed E-state index contributed by atoms with van der Waals surface area (Å²) < 4.78 is 6.63. The second kappa shape index (κ2) is 9.40. The molecule has 0 aliphatic carbocycles. The van der Waals surface area contributed by atoms with Crippen LogP contribution in [-0.2, 0) is 17.7 Å². The average Bonchev–Trinajstić information content (AvgIpc) is 3.29. The van der Waals surface area contributed by atoms with E-state index in [1.807, 2.05) is 18.2 Å². The molecule has 1 atom stereocenters. The topological polar surface area (TPSA) is 87.6 Å². The lowest BCUT2D eigenvalue weighted by atomic mass is 10.1. The molecule has 1 aromatic heterocycles. The van der Waals surface area contributed by atoms with Crippen molar-refractivity contribution in [1.82, 2.24) is 19.4 Å². The molecule has 0 spiro atoms. The van der Waals surface area contributed by atoms with Gasteiger partial charge in [0, 0.05) is 45.5 Å². The Kier molecular flexibility index (Phi) is 6.44. The molecule has 1 N–H and O–H groups in total. The zero-order valence-corrected chi connectivity index (χ0v) is 17.1. The fourth-order valence-electron chi connectivity index (χ4n) is 4.10. The molecule has 2 fully saturated rings. The van der Waals surface area contributed by atoms with E-state index < -0.39 is 11.2 Å². The summed E-state index contributed by atoms with van der Waals surface area (Å²) in [5.74, 6) is -0.319. The summed E-state index contributed by atoms with van der Waals surface area (Å²) >= 11 is 0. The van der Waals surface area contributed by atoms with Crippen molar-refractivity contribution in [2.75, 3.05) is 39.3 Å². The highest BCUT2D eigenvalue weighted by Crippen LogP contribution is 2.13. The molecule has 0 saturated carbocycles. The predicted molar refractivity (Wildman–Crippen MR) is 113 cm³/mol. The molecule has 2 aliphatic rings. The van der Waals surface area contributed by atoms with Crippen molar-refractivity contribution >= 4 is 5.91 Å². The molecule has 0 bridgehead atoms. The fourth-order valence-corrected chi connectivity index (χ4v) is 4.10. The number of nitrogens with zero attached hydrogens (tertiary/aromatic N) is 3. The van der Waals surface area contributed by atoms with E-state index in [0.717, 1.165) is 43.5 Å². The van der Waals surface area contributed by atoms with Crippen molar-refractivity contribution in [3.05, 3.63) is 68.5 Å². The van der Waals surface area contributed by atoms with E-state index in [4.69, 9.17) is 4.74 Å². The lowest BCUT2D eigenvalue weighted by Gasteiger charge is -2.34. The summed E-state index contributed by atoms with van der Waals surface area (Å²) in [6, 6.07) is 10.3. The van der Waals surface area contributed by atoms with E-state index >= 15 is 0 Å². The van der Waals surface area contributed by atoms with Crippen LogP contribution in [0.3, 0.4) is 0 Å². The summed E-state index contributed by atoms with van der Waals surface area (Å²) in [6.45, 7) is 4.44. The third-order valence-electron chi connectivity index (χ3n) is 5.92. The fraction of sp³-hybridized carbons (Fsp3) is 0.500. The minimum Gasteiger partial charge on any atom is -0.376 e. The highest BCUT2D eigenvalue weighted by atomic mass is 16.5. The van der Waals surface area contributed by atoms with Crippen LogP contribution in [0.5, 0.6) is 0 Å². The number of amides is 1. The minimum absolute atomic E-state index is 0.0188. The first kappa shape index (κ1) is 20.6. The van der Waals surface area contributed by atoms with Crippen LogP contribution in [0.25, 0.3) is 0 Å². The number of nitrogens with one attached hydrogen (secondary N) is 1. The Hall–Kier alpha value is -2.71. The predicted octanol–water partition coefficient (Wildman–Crippen LogP) is 0.716. The number of benzene rings is 1. The van der Waals surface area contributed by atoms with Crippen LogP contribution in [-0.4, -0.2) is 70.7 Å². The van der Waals surface area contributed by atoms with Gasteiger partial charge in [-0.2, -0.15) is 0 Å². The van der Waals surface area contributed by atoms with Gasteiger partial charge in [-0.15, -0.1) is 0 Å². The van der Waals surface area contributed by atoms with Gasteiger partial charge in [-0.1, -0.05) is 30.3 Å². The minimum atomic E-state index is -0.536. The second-order valence-corrected chi connectivity index (χ2v) is 7.93. The van der Waals surface area contributed by atoms with Crippen LogP contribution < -0.4 is 11.2 Å². The molecule has 160 valence electrons. The van der Waals surface area contributed by atoms with Crippen LogP contribution in [0.1, 0.15) is 28.8 Å². The SMILES string of the molecule is O=C(c1c[nH]c(=O)n(CC2CCCO2)c1=O)N1CCN(CCc2ccccc2)CC1. The third kappa shape index (κ3) is 4.71. The number of carbonyl (C=O) groups is 1. The summed E-state index contributed by atoms with van der Waals surface area (Å²) in [5, 5.41) is 0. The normalized spacial score (nSPS) is 19.9. The Balaban J connectivity index is 1.37. The maximum absolute atomic E-state index is 12.9. The largest absolute Gasteiger partial charge is 0.376 e. The first-order valence-corrected chi connectivity index (χ1v) is 10.6. The van der Waals surface area contributed by atoms with Crippen molar-refractivity contribution in [2.45, 2.75) is 31.9 Å². The molecule has 3 heterocycles. The summed E-state index contributed by atoms with van der Waals surface area (Å²) in [5.41, 5.74) is 0.282. The standard InChI is InChI=1S/C22H28N4O4/c27-20(19-15-23-22(29)26(21(19)28)16-18-7-4-14-30-18)25-12-10-24(11-13-25)9-8-17-5-2-1-3-6-17/h1-3,5-6,15,18H,4,7-14,16H2,(H,23,29). The van der Waals surface area contributed by atoms with Crippen molar-refractivity contribution in [2.24, 2.45) is 0 Å². The number of carbonyl (C=O) groups excluding carboxylic acids is 1. The van der Waals surface area contributed by atoms with E-state index in [0.29, 0.717) is 19.7 Å². The van der Waals surface area contributed by atoms with Crippen molar-refractivity contribution in [1.29, 1.82) is 0 Å². The van der Waals surface area contributed by atoms with Crippen LogP contribution >= 0.6 is 0 Å². The molecule has 8 nitrogen and oxygen atoms in total. The zero-order chi connectivity index (χ0) is 20.9. The maximum Gasteiger partial charge on any atom is 0.328 e. The molecule has 30 heavy (non-hydrogen) atoms. The van der Waals surface area contributed by atoms with Gasteiger partial charge in [0.2, 0.25) is 0 Å². The Labute approximate surface area is 175 Å². The van der Waals surface area contributed by atoms with E-state index in [1.165, 1.54) is 11.8 Å². The molecule has 4 rings (SSSR count). The number of hydrogen-bond donors (Lipinski definition) is 1. The summed E-state index contributed by atoms with van der Waals surface area (Å²) in [6.07, 6.45) is 3.81. The Bertz CT molecular complexity index is 971. The van der Waals surface area contributed by atoms with E-state index in [2.05, 4.69) is 22.0 Å². The number of H-pyrrole nitrogens is 1. The number of rotatable bonds is 6. The quantitative estimate of drug-likeness (QED) is 0.755. The van der Waals surface area contributed by atoms with Crippen molar-refractivity contribution < 1.29 is 9.53 Å². The van der Waals surface area contributed by atoms with Crippen LogP contribution in [0, 0.1) is 0 Å². The number of aromatic amines is 1. The van der Waals surface area contributed by atoms with Gasteiger partial charge in [-0.25, -0.2) is 4.79 Å². The van der Waals surface area contributed by atoms with Gasteiger partial charge in [-0.05, 0) is 24.8 Å². The lowest BCUT2D eigenvalue weighted by molar-refractivity contribution is 0.0633. The number of ether oxygens (including phenoxy) is 1. The molecule has 8 heteroatoms. The molecular formula is C22H28N4O4. The Morgan fingerprint density at radius 1 is 1.10 bits per heavy atom. The smallest absolute Gasteiger partial charge is 0.328 e. The number of hydrogen-bond acceptors (Lipinski definition) is 5. The van der Waals surface area contributed by atoms with E-state index in [1.54, 1.807) is 4.90 Å². The van der Waals surface area contributed by atoms with Crippen LogP contribution in [0.2, 0.25) is 0 Å². The molecule has 1 aromatic carbocycles. The van der Waals surface area contributed by atoms with Gasteiger partial charge in [0.25, 0.3) is 11.5 Å². The van der Waals surface area contributed by atoms with Gasteiger partial charge in [0.15, 0.2) is 0 Å². The summed E-state index contributed by atoms with van der Waals surface area (Å²) in [4.78, 5) is 44.5. The average molecular weight is 412 g/mol. The zero-order valence-electron chi connectivity index (χ0n) is 17.1. The highest BCUT2D eigenvalue weighted by molar-refractivity contribution is 5.93. The maximum atomic E-state index is 12.9. The van der Waals surface area contributed by atoms with E-state index in [-0.39, 0.29) is 24.1 Å². The number of piperazine rings is 1. The van der Waals surface area contributed by atoms with Gasteiger partial charge >= 0.3 is 5.69 Å². The Morgan fingerprint density at radius 2 is 1.87 bits per heavy atom. The van der Waals surface area contributed by atoms with Gasteiger partial charge in [-0.3, -0.25) is 19.1 Å². The first-order valence-electron chi connectivity index (χ1n) is 10.6. The van der Waals surface area contributed by atoms with Gasteiger partial charge in [0.1, 0.15) is 5.56 Å². The third-order valence-corrected chi connectivity index (χ3v) is 5.92. The highest BCUT2D eigenvalue weighted by Gasteiger charge is 2.26. The second-order valence-electron chi connectivity index (χ2n) is 7.93. The van der Waals surface area contributed by atoms with Gasteiger partial charge < -0.3 is 14.6 Å². The molecular weight excluding hydrogens is 384 g/mol. The van der Waals surface area contributed by atoms with E-state index in [9.17, 15) is 14.4 Å². The van der Waals surface area contributed by atoms with Crippen molar-refractivity contribution in [3.8, 4) is 0 Å². The van der Waals surface area contributed by atoms with Crippen LogP contribution in [0.4, 0.5) is 0 Å². The molecule has 2 saturated heterocycles. The molecule has 2 aromatic rings. The number of aromatic nitrogens is 2. The molecule has 0 radical (unpaired) electrons. The van der Waals surface area contributed by atoms with Crippen molar-refractivity contribution in [3.63, 3.8) is 0 Å². The Morgan fingerprint density at radius 3 is 2.57 bits per heavy atom. The van der Waals surface area contributed by atoms with Gasteiger partial charge in [0.05, 0.1) is 12.6 Å². The summed E-state index contributed by atoms with van der Waals surface area (Å²) in [7, 11) is 0. The molecule has 2 aliphatic heterocycles. The lowest BCUT2D eigenvalue weighted by Crippen LogP contribution is -2.51. The molecule has 1 unspecified atom stereocenters. The monoisotopic (exact) mass is 412 g/mol. The molecule has 1 amide bonds. The van der Waals surface area contributed by atoms with Crippen LogP contribution in [0.15, 0.2) is 46.1 Å². The first-order chi connectivity index (χ1) is 14.6.